The third kappa shape index (κ3) is 2.83. The van der Waals surface area contributed by atoms with Crippen LogP contribution in [-0.4, -0.2) is 36.8 Å². The molecule has 22 heavy (non-hydrogen) atoms. The number of amides is 1. The molecule has 0 aromatic heterocycles. The third-order valence-electron chi connectivity index (χ3n) is 4.50. The summed E-state index contributed by atoms with van der Waals surface area (Å²) in [6, 6.07) is 5.75. The van der Waals surface area contributed by atoms with Crippen LogP contribution in [0.2, 0.25) is 0 Å². The first-order valence-electron chi connectivity index (χ1n) is 8.05. The molecule has 2 aliphatic rings. The lowest BCUT2D eigenvalue weighted by atomic mass is 9.89. The van der Waals surface area contributed by atoms with Gasteiger partial charge in [-0.1, -0.05) is 6.07 Å². The van der Waals surface area contributed by atoms with Gasteiger partial charge in [-0.3, -0.25) is 4.79 Å². The highest BCUT2D eigenvalue weighted by Crippen LogP contribution is 2.37. The fourth-order valence-corrected chi connectivity index (χ4v) is 3.36. The Morgan fingerprint density at radius 2 is 2.23 bits per heavy atom. The molecule has 1 fully saturated rings. The molecular weight excluding hydrogens is 280 g/mol. The molecule has 5 nitrogen and oxygen atoms in total. The second-order valence-corrected chi connectivity index (χ2v) is 6.42. The molecule has 2 atom stereocenters. The Hall–Kier alpha value is -1.59. The van der Waals surface area contributed by atoms with Gasteiger partial charge < -0.3 is 20.1 Å². The van der Waals surface area contributed by atoms with Crippen LogP contribution in [0.3, 0.4) is 0 Å². The van der Waals surface area contributed by atoms with Crippen molar-refractivity contribution in [1.29, 1.82) is 0 Å². The molecule has 120 valence electrons. The summed E-state index contributed by atoms with van der Waals surface area (Å²) < 4.78 is 5.51. The summed E-state index contributed by atoms with van der Waals surface area (Å²) in [5.74, 6) is 0.902. The van der Waals surface area contributed by atoms with Crippen molar-refractivity contribution in [3.05, 3.63) is 23.8 Å². The number of fused-ring (bicyclic) bond motifs is 1. The first-order valence-corrected chi connectivity index (χ1v) is 8.05. The molecule has 2 aliphatic heterocycles. The molecule has 1 saturated heterocycles. The number of ether oxygens (including phenoxy) is 1. The number of aliphatic hydroxyl groups is 1. The number of anilines is 1. The van der Waals surface area contributed by atoms with Gasteiger partial charge in [-0.2, -0.15) is 0 Å². The highest BCUT2D eigenvalue weighted by Gasteiger charge is 2.30. The number of piperidine rings is 1. The van der Waals surface area contributed by atoms with Crippen LogP contribution in [0.4, 0.5) is 5.69 Å². The minimum absolute atomic E-state index is 0.0338. The quantitative estimate of drug-likeness (QED) is 0.895. The molecule has 0 spiro atoms. The Morgan fingerprint density at radius 1 is 1.41 bits per heavy atom. The molecular formula is C17H24N2O3. The van der Waals surface area contributed by atoms with Crippen LogP contribution < -0.4 is 15.0 Å². The Labute approximate surface area is 131 Å². The molecule has 1 amide bonds. The van der Waals surface area contributed by atoms with E-state index in [0.29, 0.717) is 5.75 Å². The summed E-state index contributed by atoms with van der Waals surface area (Å²) in [5, 5.41) is 14.0. The molecule has 0 saturated carbocycles. The van der Waals surface area contributed by atoms with E-state index in [1.807, 2.05) is 32.0 Å². The largest absolute Gasteiger partial charge is 0.482 e. The van der Waals surface area contributed by atoms with Crippen molar-refractivity contribution in [3.63, 3.8) is 0 Å². The van der Waals surface area contributed by atoms with Gasteiger partial charge in [-0.05, 0) is 50.9 Å². The monoisotopic (exact) mass is 304 g/mol. The lowest BCUT2D eigenvalue weighted by molar-refractivity contribution is -0.121. The molecule has 2 unspecified atom stereocenters. The second-order valence-electron chi connectivity index (χ2n) is 6.42. The highest BCUT2D eigenvalue weighted by molar-refractivity contribution is 5.98. The van der Waals surface area contributed by atoms with Crippen molar-refractivity contribution in [2.75, 3.05) is 24.6 Å². The van der Waals surface area contributed by atoms with Crippen LogP contribution in [0.5, 0.6) is 5.75 Å². The maximum atomic E-state index is 12.1. The Kier molecular flexibility index (Phi) is 4.36. The van der Waals surface area contributed by atoms with Gasteiger partial charge in [0.15, 0.2) is 6.61 Å². The number of nitrogens with zero attached hydrogens (tertiary/aromatic N) is 1. The van der Waals surface area contributed by atoms with Crippen molar-refractivity contribution < 1.29 is 14.6 Å². The molecule has 3 rings (SSSR count). The normalized spacial score (nSPS) is 23.2. The first-order chi connectivity index (χ1) is 10.6. The van der Waals surface area contributed by atoms with Crippen LogP contribution >= 0.6 is 0 Å². The fraction of sp³-hybridized carbons (Fsp3) is 0.588. The minimum Gasteiger partial charge on any atom is -0.482 e. The number of hydrogen-bond acceptors (Lipinski definition) is 4. The zero-order chi connectivity index (χ0) is 15.7. The maximum Gasteiger partial charge on any atom is 0.265 e. The summed E-state index contributed by atoms with van der Waals surface area (Å²) >= 11 is 0. The second kappa shape index (κ2) is 6.26. The van der Waals surface area contributed by atoms with Gasteiger partial charge in [0.25, 0.3) is 5.91 Å². The van der Waals surface area contributed by atoms with E-state index in [4.69, 9.17) is 4.74 Å². The molecule has 0 bridgehead atoms. The van der Waals surface area contributed by atoms with Gasteiger partial charge in [0, 0.05) is 18.5 Å². The van der Waals surface area contributed by atoms with E-state index in [1.165, 1.54) is 0 Å². The smallest absolute Gasteiger partial charge is 0.265 e. The van der Waals surface area contributed by atoms with Crippen LogP contribution in [0.15, 0.2) is 18.2 Å². The minimum atomic E-state index is -0.510. The Balaban J connectivity index is 1.90. The lowest BCUT2D eigenvalue weighted by Gasteiger charge is -2.34. The molecule has 0 radical (unpaired) electrons. The summed E-state index contributed by atoms with van der Waals surface area (Å²) in [7, 11) is 0. The van der Waals surface area contributed by atoms with Gasteiger partial charge in [-0.15, -0.1) is 0 Å². The molecule has 5 heteroatoms. The van der Waals surface area contributed by atoms with Gasteiger partial charge >= 0.3 is 0 Å². The standard InChI is InChI=1S/C17H24N2O3/c1-11(2)19-14-8-12(5-6-15(14)22-10-16(19)20)17(21)13-4-3-7-18-9-13/h5-6,8,11,13,17-18,21H,3-4,7,9-10H2,1-2H3. The number of nitrogens with one attached hydrogen (secondary N) is 1. The average Bonchev–Trinajstić information content (AvgIpc) is 2.54. The van der Waals surface area contributed by atoms with Crippen LogP contribution in [0, 0.1) is 5.92 Å². The van der Waals surface area contributed by atoms with E-state index in [1.54, 1.807) is 4.90 Å². The summed E-state index contributed by atoms with van der Waals surface area (Å²) in [6.45, 7) is 5.92. The number of benzene rings is 1. The van der Waals surface area contributed by atoms with Crippen molar-refractivity contribution in [2.45, 2.75) is 38.8 Å². The van der Waals surface area contributed by atoms with Gasteiger partial charge in [-0.25, -0.2) is 0 Å². The number of carbonyl (C=O) groups is 1. The Bertz CT molecular complexity index is 553. The molecule has 1 aromatic rings. The predicted molar refractivity (Wildman–Crippen MR) is 85.1 cm³/mol. The van der Waals surface area contributed by atoms with Crippen molar-refractivity contribution in [3.8, 4) is 5.75 Å². The zero-order valence-electron chi connectivity index (χ0n) is 13.2. The number of aliphatic hydroxyl groups excluding tert-OH is 1. The topological polar surface area (TPSA) is 61.8 Å². The zero-order valence-corrected chi connectivity index (χ0v) is 13.2. The molecule has 2 heterocycles. The average molecular weight is 304 g/mol. The van der Waals surface area contributed by atoms with Crippen LogP contribution in [-0.2, 0) is 4.79 Å². The van der Waals surface area contributed by atoms with E-state index in [0.717, 1.165) is 37.2 Å². The predicted octanol–water partition coefficient (Wildman–Crippen LogP) is 1.85. The van der Waals surface area contributed by atoms with Crippen molar-refractivity contribution >= 4 is 11.6 Å². The third-order valence-corrected chi connectivity index (χ3v) is 4.50. The molecule has 2 N–H and O–H groups in total. The van der Waals surface area contributed by atoms with Crippen molar-refractivity contribution in [1.82, 2.24) is 5.32 Å². The number of carbonyl (C=O) groups excluding carboxylic acids is 1. The van der Waals surface area contributed by atoms with E-state index in [-0.39, 0.29) is 24.5 Å². The van der Waals surface area contributed by atoms with Crippen molar-refractivity contribution in [2.24, 2.45) is 5.92 Å². The summed E-state index contributed by atoms with van der Waals surface area (Å²) in [5.41, 5.74) is 1.63. The first kappa shape index (κ1) is 15.3. The maximum absolute atomic E-state index is 12.1. The number of hydrogen-bond donors (Lipinski definition) is 2. The fourth-order valence-electron chi connectivity index (χ4n) is 3.36. The highest BCUT2D eigenvalue weighted by atomic mass is 16.5. The summed E-state index contributed by atoms with van der Waals surface area (Å²) in [4.78, 5) is 13.9. The van der Waals surface area contributed by atoms with E-state index >= 15 is 0 Å². The lowest BCUT2D eigenvalue weighted by Crippen LogP contribution is -2.43. The van der Waals surface area contributed by atoms with E-state index in [9.17, 15) is 9.90 Å². The molecule has 0 aliphatic carbocycles. The van der Waals surface area contributed by atoms with Gasteiger partial charge in [0.2, 0.25) is 0 Å². The van der Waals surface area contributed by atoms with Gasteiger partial charge in [0.05, 0.1) is 11.8 Å². The van der Waals surface area contributed by atoms with Crippen LogP contribution in [0.1, 0.15) is 38.4 Å². The van der Waals surface area contributed by atoms with E-state index < -0.39 is 6.10 Å². The summed E-state index contributed by atoms with van der Waals surface area (Å²) in [6.07, 6.45) is 1.60. The SMILES string of the molecule is CC(C)N1C(=O)COc2ccc(C(O)C3CCCNC3)cc21. The van der Waals surface area contributed by atoms with E-state index in [2.05, 4.69) is 5.32 Å². The number of rotatable bonds is 3. The molecule has 1 aromatic carbocycles. The Morgan fingerprint density at radius 3 is 2.91 bits per heavy atom. The van der Waals surface area contributed by atoms with Crippen LogP contribution in [0.25, 0.3) is 0 Å². The van der Waals surface area contributed by atoms with Gasteiger partial charge in [0.1, 0.15) is 5.75 Å².